The van der Waals surface area contributed by atoms with Crippen molar-refractivity contribution in [3.63, 3.8) is 0 Å². The van der Waals surface area contributed by atoms with Gasteiger partial charge in [-0.1, -0.05) is 0 Å². The van der Waals surface area contributed by atoms with Crippen LogP contribution in [0.1, 0.15) is 18.1 Å². The average Bonchev–Trinajstić information content (AvgIpc) is 2.63. The third kappa shape index (κ3) is 3.68. The normalized spacial score (nSPS) is 18.2. The number of benzene rings is 1. The Kier molecular flexibility index (Phi) is 4.92. The number of aliphatic hydroxyl groups excluding tert-OH is 1. The van der Waals surface area contributed by atoms with Gasteiger partial charge >= 0.3 is 0 Å². The fourth-order valence-electron chi connectivity index (χ4n) is 2.33. The van der Waals surface area contributed by atoms with E-state index in [1.54, 1.807) is 0 Å². The maximum atomic E-state index is 13.3. The van der Waals surface area contributed by atoms with Crippen LogP contribution in [0.2, 0.25) is 0 Å². The van der Waals surface area contributed by atoms with Crippen LogP contribution in [0, 0.1) is 5.82 Å². The Morgan fingerprint density at radius 3 is 3.10 bits per heavy atom. The first-order valence-electron chi connectivity index (χ1n) is 6.60. The molecule has 0 saturated carbocycles. The molecule has 0 aliphatic carbocycles. The number of carbonyl (C=O) groups excluding carboxylic acids is 1. The predicted octanol–water partition coefficient (Wildman–Crippen LogP) is 0.690. The summed E-state index contributed by atoms with van der Waals surface area (Å²) in [4.78, 5) is 13.3. The molecule has 1 fully saturated rings. The number of ether oxygens (including phenoxy) is 1. The van der Waals surface area contributed by atoms with Crippen LogP contribution in [0.4, 0.5) is 4.39 Å². The van der Waals surface area contributed by atoms with Gasteiger partial charge in [0.05, 0.1) is 19.8 Å². The first-order valence-corrected chi connectivity index (χ1v) is 6.60. The second kappa shape index (κ2) is 6.67. The molecule has 2 rings (SSSR count). The molecule has 110 valence electrons. The molecule has 0 spiro atoms. The van der Waals surface area contributed by atoms with Crippen molar-refractivity contribution in [2.75, 3.05) is 33.3 Å². The van der Waals surface area contributed by atoms with Gasteiger partial charge in [-0.25, -0.2) is 4.39 Å². The van der Waals surface area contributed by atoms with Crippen molar-refractivity contribution in [1.29, 1.82) is 0 Å². The van der Waals surface area contributed by atoms with Crippen LogP contribution in [-0.4, -0.2) is 49.2 Å². The zero-order valence-electron chi connectivity index (χ0n) is 11.4. The molecule has 5 nitrogen and oxygen atoms in total. The molecule has 1 amide bonds. The minimum atomic E-state index is -0.897. The average molecular weight is 282 g/mol. The van der Waals surface area contributed by atoms with Gasteiger partial charge in [-0.05, 0) is 24.6 Å². The van der Waals surface area contributed by atoms with Crippen molar-refractivity contribution in [3.05, 3.63) is 29.6 Å². The Morgan fingerprint density at radius 2 is 2.35 bits per heavy atom. The van der Waals surface area contributed by atoms with Crippen LogP contribution >= 0.6 is 0 Å². The van der Waals surface area contributed by atoms with Crippen molar-refractivity contribution in [3.8, 4) is 5.75 Å². The Labute approximate surface area is 117 Å². The van der Waals surface area contributed by atoms with E-state index in [1.807, 2.05) is 4.90 Å². The number of hydrogen-bond acceptors (Lipinski definition) is 4. The lowest BCUT2D eigenvalue weighted by Gasteiger charge is -2.23. The number of nitrogens with one attached hydrogen (secondary N) is 1. The van der Waals surface area contributed by atoms with Crippen LogP contribution in [-0.2, 0) is 4.79 Å². The first kappa shape index (κ1) is 14.7. The summed E-state index contributed by atoms with van der Waals surface area (Å²) >= 11 is 0. The third-order valence-electron chi connectivity index (χ3n) is 3.32. The SMILES string of the molecule is COc1ccc(F)cc1C(O)CN1CCCNC(=O)C1. The molecular weight excluding hydrogens is 263 g/mol. The summed E-state index contributed by atoms with van der Waals surface area (Å²) in [6.07, 6.45) is -0.0646. The topological polar surface area (TPSA) is 61.8 Å². The van der Waals surface area contributed by atoms with Gasteiger partial charge in [-0.2, -0.15) is 0 Å². The second-order valence-corrected chi connectivity index (χ2v) is 4.84. The molecular formula is C14H19FN2O3. The van der Waals surface area contributed by atoms with Crippen molar-refractivity contribution in [1.82, 2.24) is 10.2 Å². The minimum Gasteiger partial charge on any atom is -0.496 e. The molecule has 1 aromatic rings. The van der Waals surface area contributed by atoms with Crippen LogP contribution in [0.5, 0.6) is 5.75 Å². The first-order chi connectivity index (χ1) is 9.60. The summed E-state index contributed by atoms with van der Waals surface area (Å²) in [6.45, 7) is 1.88. The highest BCUT2D eigenvalue weighted by Crippen LogP contribution is 2.26. The molecule has 2 N–H and O–H groups in total. The van der Waals surface area contributed by atoms with Gasteiger partial charge in [0, 0.05) is 25.2 Å². The van der Waals surface area contributed by atoms with Crippen LogP contribution in [0.25, 0.3) is 0 Å². The van der Waals surface area contributed by atoms with E-state index in [-0.39, 0.29) is 19.0 Å². The second-order valence-electron chi connectivity index (χ2n) is 4.84. The molecule has 1 saturated heterocycles. The number of methoxy groups -OCH3 is 1. The number of hydrogen-bond donors (Lipinski definition) is 2. The van der Waals surface area contributed by atoms with Crippen LogP contribution in [0.3, 0.4) is 0 Å². The highest BCUT2D eigenvalue weighted by atomic mass is 19.1. The summed E-state index contributed by atoms with van der Waals surface area (Å²) in [5.74, 6) is -0.0347. The molecule has 1 heterocycles. The van der Waals surface area contributed by atoms with E-state index in [4.69, 9.17) is 4.74 Å². The van der Waals surface area contributed by atoms with E-state index < -0.39 is 11.9 Å². The summed E-state index contributed by atoms with van der Waals surface area (Å²) < 4.78 is 18.4. The lowest BCUT2D eigenvalue weighted by molar-refractivity contribution is -0.121. The number of amides is 1. The van der Waals surface area contributed by atoms with Crippen molar-refractivity contribution >= 4 is 5.91 Å². The van der Waals surface area contributed by atoms with Gasteiger partial charge in [0.15, 0.2) is 0 Å². The number of nitrogens with zero attached hydrogens (tertiary/aromatic N) is 1. The van der Waals surface area contributed by atoms with E-state index in [9.17, 15) is 14.3 Å². The van der Waals surface area contributed by atoms with Crippen molar-refractivity contribution in [2.24, 2.45) is 0 Å². The van der Waals surface area contributed by atoms with Crippen molar-refractivity contribution < 1.29 is 19.0 Å². The van der Waals surface area contributed by atoms with Crippen LogP contribution < -0.4 is 10.1 Å². The number of aliphatic hydroxyl groups is 1. The predicted molar refractivity (Wildman–Crippen MR) is 72.0 cm³/mol. The van der Waals surface area contributed by atoms with Gasteiger partial charge < -0.3 is 15.2 Å². The molecule has 1 unspecified atom stereocenters. The van der Waals surface area contributed by atoms with E-state index in [1.165, 1.54) is 25.3 Å². The van der Waals surface area contributed by atoms with Crippen LogP contribution in [0.15, 0.2) is 18.2 Å². The molecule has 0 radical (unpaired) electrons. The van der Waals surface area contributed by atoms with Gasteiger partial charge in [-0.3, -0.25) is 9.69 Å². The van der Waals surface area contributed by atoms with E-state index in [2.05, 4.69) is 5.32 Å². The Morgan fingerprint density at radius 1 is 1.55 bits per heavy atom. The molecule has 6 heteroatoms. The molecule has 20 heavy (non-hydrogen) atoms. The van der Waals surface area contributed by atoms with E-state index in [0.29, 0.717) is 24.4 Å². The minimum absolute atomic E-state index is 0.0547. The van der Waals surface area contributed by atoms with Gasteiger partial charge in [0.1, 0.15) is 11.6 Å². The zero-order valence-corrected chi connectivity index (χ0v) is 11.4. The largest absolute Gasteiger partial charge is 0.496 e. The quantitative estimate of drug-likeness (QED) is 0.853. The smallest absolute Gasteiger partial charge is 0.234 e. The standard InChI is InChI=1S/C14H19FN2O3/c1-20-13-4-3-10(15)7-11(13)12(18)8-17-6-2-5-16-14(19)9-17/h3-4,7,12,18H,2,5-6,8-9H2,1H3,(H,16,19). The molecule has 1 atom stereocenters. The lowest BCUT2D eigenvalue weighted by atomic mass is 10.1. The summed E-state index contributed by atoms with van der Waals surface area (Å²) in [6, 6.07) is 4.04. The lowest BCUT2D eigenvalue weighted by Crippen LogP contribution is -2.35. The maximum absolute atomic E-state index is 13.3. The van der Waals surface area contributed by atoms with Gasteiger partial charge in [0.25, 0.3) is 0 Å². The zero-order chi connectivity index (χ0) is 14.5. The monoisotopic (exact) mass is 282 g/mol. The Hall–Kier alpha value is -1.66. The maximum Gasteiger partial charge on any atom is 0.234 e. The number of carbonyl (C=O) groups is 1. The number of β-amino-alcohol motifs (C(OH)–C–C–N with tert-alkyl or cyclic N) is 1. The molecule has 1 aliphatic heterocycles. The number of rotatable bonds is 4. The fourth-order valence-corrected chi connectivity index (χ4v) is 2.33. The summed E-state index contributed by atoms with van der Waals surface area (Å²) in [5, 5.41) is 13.0. The van der Waals surface area contributed by atoms with Crippen molar-refractivity contribution in [2.45, 2.75) is 12.5 Å². The highest BCUT2D eigenvalue weighted by molar-refractivity contribution is 5.78. The van der Waals surface area contributed by atoms with E-state index >= 15 is 0 Å². The Balaban J connectivity index is 2.08. The molecule has 1 aromatic carbocycles. The Bertz CT molecular complexity index is 481. The summed E-state index contributed by atoms with van der Waals surface area (Å²) in [7, 11) is 1.48. The van der Waals surface area contributed by atoms with Gasteiger partial charge in [0.2, 0.25) is 5.91 Å². The molecule has 0 aromatic heterocycles. The highest BCUT2D eigenvalue weighted by Gasteiger charge is 2.21. The summed E-state index contributed by atoms with van der Waals surface area (Å²) in [5.41, 5.74) is 0.400. The van der Waals surface area contributed by atoms with E-state index in [0.717, 1.165) is 6.42 Å². The van der Waals surface area contributed by atoms with Gasteiger partial charge in [-0.15, -0.1) is 0 Å². The molecule has 1 aliphatic rings. The fraction of sp³-hybridized carbons (Fsp3) is 0.500. The number of halogens is 1. The molecule has 0 bridgehead atoms. The third-order valence-corrected chi connectivity index (χ3v) is 3.32.